The van der Waals surface area contributed by atoms with Gasteiger partial charge in [0.05, 0.1) is 5.25 Å². The second kappa shape index (κ2) is 7.31. The molecule has 0 radical (unpaired) electrons. The number of benzene rings is 1. The molecule has 0 aliphatic carbocycles. The van der Waals surface area contributed by atoms with E-state index in [1.165, 1.54) is 11.8 Å². The molecular formula is C14H22N2OS. The Morgan fingerprint density at radius 1 is 1.50 bits per heavy atom. The van der Waals surface area contributed by atoms with E-state index in [4.69, 9.17) is 5.73 Å². The Morgan fingerprint density at radius 2 is 2.22 bits per heavy atom. The van der Waals surface area contributed by atoms with Crippen molar-refractivity contribution in [2.75, 3.05) is 12.3 Å². The van der Waals surface area contributed by atoms with E-state index in [9.17, 15) is 4.79 Å². The molecule has 18 heavy (non-hydrogen) atoms. The summed E-state index contributed by atoms with van der Waals surface area (Å²) in [7, 11) is 0. The standard InChI is InChI=1S/C14H22N2OS/c1-4-5-8-16-14(17)11(3)18-13-7-6-10(2)9-12(13)15/h6-7,9,11H,4-5,8,15H2,1-3H3,(H,16,17). The highest BCUT2D eigenvalue weighted by molar-refractivity contribution is 8.00. The van der Waals surface area contributed by atoms with Crippen molar-refractivity contribution in [2.24, 2.45) is 0 Å². The fraction of sp³-hybridized carbons (Fsp3) is 0.500. The fourth-order valence-corrected chi connectivity index (χ4v) is 2.46. The largest absolute Gasteiger partial charge is 0.398 e. The molecule has 0 fully saturated rings. The Balaban J connectivity index is 2.53. The summed E-state index contributed by atoms with van der Waals surface area (Å²) < 4.78 is 0. The lowest BCUT2D eigenvalue weighted by Crippen LogP contribution is -2.31. The average Bonchev–Trinajstić information content (AvgIpc) is 2.32. The molecule has 1 atom stereocenters. The van der Waals surface area contributed by atoms with Gasteiger partial charge >= 0.3 is 0 Å². The van der Waals surface area contributed by atoms with Gasteiger partial charge in [0.1, 0.15) is 0 Å². The summed E-state index contributed by atoms with van der Waals surface area (Å²) in [5.74, 6) is 0.0772. The molecule has 100 valence electrons. The zero-order chi connectivity index (χ0) is 13.5. The first-order valence-electron chi connectivity index (χ1n) is 6.35. The second-order valence-electron chi connectivity index (χ2n) is 4.45. The van der Waals surface area contributed by atoms with Crippen LogP contribution in [0.25, 0.3) is 0 Å². The van der Waals surface area contributed by atoms with Gasteiger partial charge in [0, 0.05) is 17.1 Å². The topological polar surface area (TPSA) is 55.1 Å². The number of hydrogen-bond donors (Lipinski definition) is 2. The number of aryl methyl sites for hydroxylation is 1. The maximum absolute atomic E-state index is 11.8. The van der Waals surface area contributed by atoms with E-state index < -0.39 is 0 Å². The van der Waals surface area contributed by atoms with Crippen molar-refractivity contribution in [3.8, 4) is 0 Å². The van der Waals surface area contributed by atoms with E-state index in [0.29, 0.717) is 0 Å². The van der Waals surface area contributed by atoms with Gasteiger partial charge in [-0.25, -0.2) is 0 Å². The summed E-state index contributed by atoms with van der Waals surface area (Å²) in [5.41, 5.74) is 7.82. The Hall–Kier alpha value is -1.16. The van der Waals surface area contributed by atoms with Crippen LogP contribution in [0, 0.1) is 6.92 Å². The summed E-state index contributed by atoms with van der Waals surface area (Å²) in [4.78, 5) is 12.8. The highest BCUT2D eigenvalue weighted by Gasteiger charge is 2.14. The SMILES string of the molecule is CCCCNC(=O)C(C)Sc1ccc(C)cc1N. The van der Waals surface area contributed by atoms with Gasteiger partial charge in [0.2, 0.25) is 5.91 Å². The first-order valence-corrected chi connectivity index (χ1v) is 7.23. The Kier molecular flexibility index (Phi) is 6.05. The van der Waals surface area contributed by atoms with Gasteiger partial charge in [-0.3, -0.25) is 4.79 Å². The monoisotopic (exact) mass is 266 g/mol. The van der Waals surface area contributed by atoms with Crippen LogP contribution >= 0.6 is 11.8 Å². The zero-order valence-corrected chi connectivity index (χ0v) is 12.1. The molecule has 3 nitrogen and oxygen atoms in total. The average molecular weight is 266 g/mol. The molecule has 1 amide bonds. The van der Waals surface area contributed by atoms with Crippen molar-refractivity contribution >= 4 is 23.4 Å². The van der Waals surface area contributed by atoms with Crippen LogP contribution in [0.3, 0.4) is 0 Å². The van der Waals surface area contributed by atoms with Gasteiger partial charge in [-0.2, -0.15) is 0 Å². The van der Waals surface area contributed by atoms with Gasteiger partial charge in [0.25, 0.3) is 0 Å². The van der Waals surface area contributed by atoms with Crippen molar-refractivity contribution in [3.05, 3.63) is 23.8 Å². The highest BCUT2D eigenvalue weighted by Crippen LogP contribution is 2.29. The minimum Gasteiger partial charge on any atom is -0.398 e. The number of carbonyl (C=O) groups is 1. The van der Waals surface area contributed by atoms with Crippen molar-refractivity contribution < 1.29 is 4.79 Å². The van der Waals surface area contributed by atoms with Crippen LogP contribution in [-0.2, 0) is 4.79 Å². The second-order valence-corrected chi connectivity index (χ2v) is 5.83. The smallest absolute Gasteiger partial charge is 0.233 e. The molecule has 4 heteroatoms. The van der Waals surface area contributed by atoms with Crippen molar-refractivity contribution in [1.29, 1.82) is 0 Å². The molecule has 1 unspecified atom stereocenters. The van der Waals surface area contributed by atoms with Crippen molar-refractivity contribution in [1.82, 2.24) is 5.32 Å². The lowest BCUT2D eigenvalue weighted by atomic mass is 10.2. The molecule has 1 aromatic carbocycles. The lowest BCUT2D eigenvalue weighted by Gasteiger charge is -2.13. The first kappa shape index (κ1) is 14.9. The van der Waals surface area contributed by atoms with E-state index >= 15 is 0 Å². The lowest BCUT2D eigenvalue weighted by molar-refractivity contribution is -0.120. The minimum atomic E-state index is -0.119. The predicted octanol–water partition coefficient (Wildman–Crippen LogP) is 2.97. The number of nitrogen functional groups attached to an aromatic ring is 1. The molecule has 0 spiro atoms. The van der Waals surface area contributed by atoms with Gasteiger partial charge in [-0.1, -0.05) is 19.4 Å². The molecule has 1 rings (SSSR count). The van der Waals surface area contributed by atoms with Crippen LogP contribution in [0.4, 0.5) is 5.69 Å². The number of nitrogens with one attached hydrogen (secondary N) is 1. The number of carbonyl (C=O) groups excluding carboxylic acids is 1. The van der Waals surface area contributed by atoms with Crippen LogP contribution < -0.4 is 11.1 Å². The van der Waals surface area contributed by atoms with E-state index in [1.54, 1.807) is 0 Å². The van der Waals surface area contributed by atoms with E-state index in [1.807, 2.05) is 32.0 Å². The summed E-state index contributed by atoms with van der Waals surface area (Å²) in [6.07, 6.45) is 2.11. The fourth-order valence-electron chi connectivity index (χ4n) is 1.55. The third kappa shape index (κ3) is 4.61. The van der Waals surface area contributed by atoms with Gasteiger partial charge < -0.3 is 11.1 Å². The molecule has 1 aromatic rings. The number of hydrogen-bond acceptors (Lipinski definition) is 3. The summed E-state index contributed by atoms with van der Waals surface area (Å²) in [5, 5.41) is 2.82. The Morgan fingerprint density at radius 3 is 2.83 bits per heavy atom. The molecule has 0 aliphatic heterocycles. The number of thioether (sulfide) groups is 1. The van der Waals surface area contributed by atoms with Crippen molar-refractivity contribution in [3.63, 3.8) is 0 Å². The number of amides is 1. The van der Waals surface area contributed by atoms with Crippen LogP contribution in [-0.4, -0.2) is 17.7 Å². The van der Waals surface area contributed by atoms with E-state index in [2.05, 4.69) is 12.2 Å². The van der Waals surface area contributed by atoms with Crippen molar-refractivity contribution in [2.45, 2.75) is 43.8 Å². The molecular weight excluding hydrogens is 244 g/mol. The third-order valence-electron chi connectivity index (χ3n) is 2.67. The quantitative estimate of drug-likeness (QED) is 0.473. The van der Waals surface area contributed by atoms with Gasteiger partial charge in [-0.15, -0.1) is 11.8 Å². The summed E-state index contributed by atoms with van der Waals surface area (Å²) >= 11 is 1.51. The van der Waals surface area contributed by atoms with E-state index in [0.717, 1.165) is 35.5 Å². The molecule has 0 aliphatic rings. The van der Waals surface area contributed by atoms with Crippen LogP contribution in [0.2, 0.25) is 0 Å². The molecule has 0 heterocycles. The van der Waals surface area contributed by atoms with Gasteiger partial charge in [-0.05, 0) is 38.0 Å². The minimum absolute atomic E-state index is 0.0772. The maximum atomic E-state index is 11.8. The Labute approximate surface area is 114 Å². The predicted molar refractivity (Wildman–Crippen MR) is 78.8 cm³/mol. The molecule has 3 N–H and O–H groups in total. The number of unbranched alkanes of at least 4 members (excludes halogenated alkanes) is 1. The van der Waals surface area contributed by atoms with Crippen LogP contribution in [0.1, 0.15) is 32.3 Å². The van der Waals surface area contributed by atoms with E-state index in [-0.39, 0.29) is 11.2 Å². The van der Waals surface area contributed by atoms with Crippen LogP contribution in [0.15, 0.2) is 23.1 Å². The molecule has 0 saturated heterocycles. The normalized spacial score (nSPS) is 12.2. The first-order chi connectivity index (χ1) is 8.54. The Bertz CT molecular complexity index is 407. The number of nitrogens with two attached hydrogens (primary N) is 1. The molecule has 0 saturated carbocycles. The summed E-state index contributed by atoms with van der Waals surface area (Å²) in [6.45, 7) is 6.78. The van der Waals surface area contributed by atoms with Gasteiger partial charge in [0.15, 0.2) is 0 Å². The number of anilines is 1. The third-order valence-corrected chi connectivity index (χ3v) is 3.86. The zero-order valence-electron chi connectivity index (χ0n) is 11.3. The highest BCUT2D eigenvalue weighted by atomic mass is 32.2. The van der Waals surface area contributed by atoms with Crippen LogP contribution in [0.5, 0.6) is 0 Å². The number of rotatable bonds is 6. The molecule has 0 aromatic heterocycles. The maximum Gasteiger partial charge on any atom is 0.233 e. The summed E-state index contributed by atoms with van der Waals surface area (Å²) in [6, 6.07) is 5.93. The molecule has 0 bridgehead atoms.